The van der Waals surface area contributed by atoms with Crippen molar-refractivity contribution in [2.24, 2.45) is 5.92 Å². The quantitative estimate of drug-likeness (QED) is 0.609. The number of anilines is 1. The average Bonchev–Trinajstić information content (AvgIpc) is 3.28. The maximum atomic E-state index is 13.1. The number of ketones is 1. The smallest absolute Gasteiger partial charge is 0.226 e. The summed E-state index contributed by atoms with van der Waals surface area (Å²) < 4.78 is 0. The van der Waals surface area contributed by atoms with Crippen molar-refractivity contribution >= 4 is 22.9 Å². The Morgan fingerprint density at radius 3 is 3.00 bits per heavy atom. The van der Waals surface area contributed by atoms with Gasteiger partial charge in [-0.25, -0.2) is 15.0 Å². The van der Waals surface area contributed by atoms with Gasteiger partial charge in [-0.15, -0.1) is 11.3 Å². The molecular formula is C22H23N4O2S. The van der Waals surface area contributed by atoms with E-state index < -0.39 is 6.10 Å². The van der Waals surface area contributed by atoms with Crippen LogP contribution in [0.3, 0.4) is 0 Å². The lowest BCUT2D eigenvalue weighted by Crippen LogP contribution is -2.20. The first kappa shape index (κ1) is 19.7. The van der Waals surface area contributed by atoms with Crippen LogP contribution in [0.15, 0.2) is 42.2 Å². The molecule has 1 saturated carbocycles. The Morgan fingerprint density at radius 2 is 2.24 bits per heavy atom. The van der Waals surface area contributed by atoms with E-state index in [0.717, 1.165) is 12.1 Å². The second-order valence-corrected chi connectivity index (χ2v) is 8.42. The molecule has 0 bridgehead atoms. The van der Waals surface area contributed by atoms with E-state index in [4.69, 9.17) is 0 Å². The van der Waals surface area contributed by atoms with E-state index in [0.29, 0.717) is 29.2 Å². The van der Waals surface area contributed by atoms with Gasteiger partial charge in [0.2, 0.25) is 5.78 Å². The molecule has 1 aliphatic carbocycles. The predicted octanol–water partition coefficient (Wildman–Crippen LogP) is 3.45. The van der Waals surface area contributed by atoms with Crippen LogP contribution in [-0.4, -0.2) is 38.0 Å². The lowest BCUT2D eigenvalue weighted by Gasteiger charge is -2.14. The van der Waals surface area contributed by atoms with Gasteiger partial charge in [-0.05, 0) is 38.2 Å². The molecule has 0 saturated heterocycles. The normalized spacial score (nSPS) is 21.3. The first-order valence-electron chi connectivity index (χ1n) is 9.62. The highest BCUT2D eigenvalue weighted by Crippen LogP contribution is 2.29. The standard InChI is InChI=1S/C22H23N4O2S/c1-13-4-3-5-15(6-13)8-17-11-29-22(26-17)20(28)18-10-23-12-24-21(18)25-16-7-14(2)19(27)9-16/h3-6,10-12,14,16,19,27H,2,7-9H2,1H3,(H,23,24,25)/t14-,16-,19+/m1/s1. The van der Waals surface area contributed by atoms with Crippen LogP contribution in [0, 0.1) is 19.8 Å². The van der Waals surface area contributed by atoms with Crippen molar-refractivity contribution in [3.8, 4) is 0 Å². The minimum atomic E-state index is -0.434. The lowest BCUT2D eigenvalue weighted by atomic mass is 10.1. The van der Waals surface area contributed by atoms with Gasteiger partial charge in [0.25, 0.3) is 0 Å². The fraction of sp³-hybridized carbons (Fsp3) is 0.318. The van der Waals surface area contributed by atoms with Crippen molar-refractivity contribution in [2.45, 2.75) is 38.3 Å². The molecule has 1 fully saturated rings. The lowest BCUT2D eigenvalue weighted by molar-refractivity contribution is 0.103. The van der Waals surface area contributed by atoms with Crippen LogP contribution < -0.4 is 5.32 Å². The summed E-state index contributed by atoms with van der Waals surface area (Å²) in [7, 11) is 0. The topological polar surface area (TPSA) is 88.0 Å². The van der Waals surface area contributed by atoms with Crippen LogP contribution in [0.2, 0.25) is 0 Å². The highest BCUT2D eigenvalue weighted by molar-refractivity contribution is 7.12. The molecule has 2 aromatic heterocycles. The summed E-state index contributed by atoms with van der Waals surface area (Å²) in [6.07, 6.45) is 4.51. The van der Waals surface area contributed by atoms with Crippen molar-refractivity contribution in [3.63, 3.8) is 0 Å². The number of aryl methyl sites for hydroxylation is 1. The van der Waals surface area contributed by atoms with E-state index >= 15 is 0 Å². The second kappa shape index (κ2) is 8.39. The van der Waals surface area contributed by atoms with E-state index in [1.165, 1.54) is 35.0 Å². The number of nitrogens with one attached hydrogen (secondary N) is 1. The molecule has 149 valence electrons. The molecule has 0 aliphatic heterocycles. The van der Waals surface area contributed by atoms with Gasteiger partial charge in [0.15, 0.2) is 5.01 Å². The van der Waals surface area contributed by atoms with Gasteiger partial charge in [-0.2, -0.15) is 0 Å². The van der Waals surface area contributed by atoms with E-state index in [2.05, 4.69) is 52.3 Å². The number of hydrogen-bond acceptors (Lipinski definition) is 7. The van der Waals surface area contributed by atoms with E-state index in [9.17, 15) is 9.90 Å². The highest BCUT2D eigenvalue weighted by Gasteiger charge is 2.31. The molecule has 1 aliphatic rings. The zero-order valence-electron chi connectivity index (χ0n) is 16.2. The Balaban J connectivity index is 1.51. The minimum Gasteiger partial charge on any atom is -0.393 e. The third-order valence-corrected chi connectivity index (χ3v) is 6.06. The summed E-state index contributed by atoms with van der Waals surface area (Å²) in [4.78, 5) is 25.9. The number of carbonyl (C=O) groups is 1. The van der Waals surface area contributed by atoms with Crippen LogP contribution in [0.25, 0.3) is 0 Å². The van der Waals surface area contributed by atoms with Gasteiger partial charge < -0.3 is 10.4 Å². The number of aliphatic hydroxyl groups is 1. The summed E-state index contributed by atoms with van der Waals surface area (Å²) in [6, 6.07) is 8.30. The molecule has 1 aromatic carbocycles. The molecule has 29 heavy (non-hydrogen) atoms. The van der Waals surface area contributed by atoms with Crippen LogP contribution >= 0.6 is 11.3 Å². The van der Waals surface area contributed by atoms with Crippen molar-refractivity contribution < 1.29 is 9.90 Å². The van der Waals surface area contributed by atoms with Crippen molar-refractivity contribution in [1.82, 2.24) is 15.0 Å². The second-order valence-electron chi connectivity index (χ2n) is 7.56. The van der Waals surface area contributed by atoms with E-state index in [1.54, 1.807) is 0 Å². The number of nitrogens with zero attached hydrogens (tertiary/aromatic N) is 3. The molecule has 4 rings (SSSR count). The number of rotatable bonds is 6. The fourth-order valence-electron chi connectivity index (χ4n) is 3.66. The zero-order chi connectivity index (χ0) is 20.4. The van der Waals surface area contributed by atoms with Gasteiger partial charge >= 0.3 is 0 Å². The maximum Gasteiger partial charge on any atom is 0.226 e. The first-order valence-corrected chi connectivity index (χ1v) is 10.5. The van der Waals surface area contributed by atoms with Crippen LogP contribution in [-0.2, 0) is 6.42 Å². The number of aromatic nitrogens is 3. The zero-order valence-corrected chi connectivity index (χ0v) is 17.0. The Morgan fingerprint density at radius 1 is 1.38 bits per heavy atom. The molecule has 3 aromatic rings. The Hall–Kier alpha value is -2.64. The molecule has 6 nitrogen and oxygen atoms in total. The number of hydrogen-bond donors (Lipinski definition) is 2. The minimum absolute atomic E-state index is 0.0170. The summed E-state index contributed by atoms with van der Waals surface area (Å²) in [6.45, 7) is 6.02. The molecule has 0 amide bonds. The third-order valence-electron chi connectivity index (χ3n) is 5.17. The summed E-state index contributed by atoms with van der Waals surface area (Å²) in [5, 5.41) is 15.6. The van der Waals surface area contributed by atoms with Gasteiger partial charge in [0.1, 0.15) is 12.1 Å². The number of benzene rings is 1. The largest absolute Gasteiger partial charge is 0.393 e. The summed E-state index contributed by atoms with van der Waals surface area (Å²) >= 11 is 1.33. The Bertz CT molecular complexity index is 1010. The summed E-state index contributed by atoms with van der Waals surface area (Å²) in [5.41, 5.74) is 3.63. The summed E-state index contributed by atoms with van der Waals surface area (Å²) in [5.74, 6) is 0.265. The molecule has 2 heterocycles. The molecule has 1 radical (unpaired) electrons. The predicted molar refractivity (Wildman–Crippen MR) is 113 cm³/mol. The molecule has 7 heteroatoms. The van der Waals surface area contributed by atoms with Gasteiger partial charge in [0.05, 0.1) is 17.4 Å². The SMILES string of the molecule is [CH2][C@@H]1C[C@@H](Nc2ncncc2C(=O)c2nc(Cc3cccc(C)c3)cs2)C[C@@H]1O. The van der Waals surface area contributed by atoms with E-state index in [-0.39, 0.29) is 17.7 Å². The number of thiazole rings is 1. The average molecular weight is 408 g/mol. The molecule has 0 unspecified atom stereocenters. The molecule has 0 spiro atoms. The molecule has 3 atom stereocenters. The first-order chi connectivity index (χ1) is 14.0. The van der Waals surface area contributed by atoms with Gasteiger partial charge in [-0.3, -0.25) is 4.79 Å². The number of aliphatic hydroxyl groups excluding tert-OH is 1. The van der Waals surface area contributed by atoms with Crippen molar-refractivity contribution in [3.05, 3.63) is 76.5 Å². The van der Waals surface area contributed by atoms with E-state index in [1.807, 2.05) is 11.4 Å². The van der Waals surface area contributed by atoms with Crippen molar-refractivity contribution in [1.29, 1.82) is 0 Å². The third kappa shape index (κ3) is 4.52. The Labute approximate surface area is 174 Å². The van der Waals surface area contributed by atoms with Crippen LogP contribution in [0.4, 0.5) is 5.82 Å². The maximum absolute atomic E-state index is 13.1. The fourth-order valence-corrected chi connectivity index (χ4v) is 4.43. The molecule has 2 N–H and O–H groups in total. The molecular weight excluding hydrogens is 384 g/mol. The van der Waals surface area contributed by atoms with Gasteiger partial charge in [-0.1, -0.05) is 29.8 Å². The number of carbonyl (C=O) groups excluding carboxylic acids is 1. The van der Waals surface area contributed by atoms with Crippen LogP contribution in [0.5, 0.6) is 0 Å². The monoisotopic (exact) mass is 407 g/mol. The Kier molecular flexibility index (Phi) is 5.69. The van der Waals surface area contributed by atoms with Crippen molar-refractivity contribution in [2.75, 3.05) is 5.32 Å². The van der Waals surface area contributed by atoms with Gasteiger partial charge in [0, 0.05) is 24.0 Å². The van der Waals surface area contributed by atoms with Crippen LogP contribution in [0.1, 0.15) is 45.0 Å². The highest BCUT2D eigenvalue weighted by atomic mass is 32.1.